The SMILES string of the molecule is C/C=C(\C(=N)C(=O)O)c1ccc(OC2CCCC2)c(-c2cccc(F)c2C2CCC2)c1. The predicted molar refractivity (Wildman–Crippen MR) is 120 cm³/mol. The lowest BCUT2D eigenvalue weighted by molar-refractivity contribution is -0.129. The number of allylic oxidation sites excluding steroid dienone is 1. The number of hydrogen-bond acceptors (Lipinski definition) is 3. The summed E-state index contributed by atoms with van der Waals surface area (Å²) in [6.07, 6.45) is 9.10. The van der Waals surface area contributed by atoms with Crippen molar-refractivity contribution in [1.29, 1.82) is 5.41 Å². The average molecular weight is 422 g/mol. The van der Waals surface area contributed by atoms with E-state index in [0.29, 0.717) is 16.9 Å². The van der Waals surface area contributed by atoms with Crippen LogP contribution in [0.5, 0.6) is 5.75 Å². The predicted octanol–water partition coefficient (Wildman–Crippen LogP) is 6.59. The van der Waals surface area contributed by atoms with E-state index < -0.39 is 11.7 Å². The molecule has 0 atom stereocenters. The Kier molecular flexibility index (Phi) is 6.21. The van der Waals surface area contributed by atoms with Gasteiger partial charge in [0.1, 0.15) is 17.3 Å². The van der Waals surface area contributed by atoms with Crippen LogP contribution < -0.4 is 4.74 Å². The first kappa shape index (κ1) is 21.3. The monoisotopic (exact) mass is 421 g/mol. The second-order valence-electron chi connectivity index (χ2n) is 8.45. The van der Waals surface area contributed by atoms with E-state index >= 15 is 0 Å². The highest BCUT2D eigenvalue weighted by Gasteiger charge is 2.28. The van der Waals surface area contributed by atoms with Crippen molar-refractivity contribution < 1.29 is 19.0 Å². The molecule has 31 heavy (non-hydrogen) atoms. The molecular formula is C26H28FNO3. The number of aliphatic carboxylic acids is 1. The van der Waals surface area contributed by atoms with Gasteiger partial charge in [-0.2, -0.15) is 0 Å². The van der Waals surface area contributed by atoms with Crippen molar-refractivity contribution >= 4 is 17.3 Å². The Balaban J connectivity index is 1.85. The molecule has 2 saturated carbocycles. The quantitative estimate of drug-likeness (QED) is 0.496. The van der Waals surface area contributed by atoms with Gasteiger partial charge < -0.3 is 9.84 Å². The Hall–Kier alpha value is -2.95. The van der Waals surface area contributed by atoms with Crippen molar-refractivity contribution in [2.45, 2.75) is 63.9 Å². The normalized spacial score (nSPS) is 17.4. The fraction of sp³-hybridized carbons (Fsp3) is 0.385. The van der Waals surface area contributed by atoms with Crippen molar-refractivity contribution in [2.75, 3.05) is 0 Å². The molecule has 2 aliphatic carbocycles. The van der Waals surface area contributed by atoms with Crippen LogP contribution in [0.2, 0.25) is 0 Å². The third-order valence-electron chi connectivity index (χ3n) is 6.51. The van der Waals surface area contributed by atoms with Crippen molar-refractivity contribution in [2.24, 2.45) is 0 Å². The summed E-state index contributed by atoms with van der Waals surface area (Å²) in [6, 6.07) is 10.6. The summed E-state index contributed by atoms with van der Waals surface area (Å²) in [5.74, 6) is -0.595. The van der Waals surface area contributed by atoms with Gasteiger partial charge in [0.25, 0.3) is 0 Å². The summed E-state index contributed by atoms with van der Waals surface area (Å²) < 4.78 is 21.3. The van der Waals surface area contributed by atoms with E-state index in [1.807, 2.05) is 18.2 Å². The van der Waals surface area contributed by atoms with Gasteiger partial charge >= 0.3 is 5.97 Å². The molecular weight excluding hydrogens is 393 g/mol. The molecule has 0 amide bonds. The zero-order chi connectivity index (χ0) is 22.0. The number of nitrogens with one attached hydrogen (secondary N) is 1. The Morgan fingerprint density at radius 3 is 2.45 bits per heavy atom. The highest BCUT2D eigenvalue weighted by Crippen LogP contribution is 2.45. The molecule has 2 fully saturated rings. The van der Waals surface area contributed by atoms with E-state index in [4.69, 9.17) is 10.1 Å². The number of carbonyl (C=O) groups is 1. The summed E-state index contributed by atoms with van der Waals surface area (Å²) >= 11 is 0. The molecule has 162 valence electrons. The second kappa shape index (κ2) is 9.04. The summed E-state index contributed by atoms with van der Waals surface area (Å²) in [5.41, 5.74) is 2.78. The van der Waals surface area contributed by atoms with Crippen LogP contribution in [0.4, 0.5) is 4.39 Å². The Bertz CT molecular complexity index is 1030. The van der Waals surface area contributed by atoms with Gasteiger partial charge in [-0.25, -0.2) is 9.18 Å². The number of rotatable bonds is 7. The molecule has 2 N–H and O–H groups in total. The minimum Gasteiger partial charge on any atom is -0.490 e. The smallest absolute Gasteiger partial charge is 0.354 e. The van der Waals surface area contributed by atoms with Gasteiger partial charge in [-0.3, -0.25) is 5.41 Å². The number of carboxylic acids is 1. The van der Waals surface area contributed by atoms with E-state index in [9.17, 15) is 14.3 Å². The maximum absolute atomic E-state index is 14.9. The second-order valence-corrected chi connectivity index (χ2v) is 8.45. The number of benzene rings is 2. The highest BCUT2D eigenvalue weighted by atomic mass is 19.1. The van der Waals surface area contributed by atoms with Gasteiger partial charge in [0, 0.05) is 11.1 Å². The lowest BCUT2D eigenvalue weighted by Gasteiger charge is -2.29. The average Bonchev–Trinajstić information content (AvgIpc) is 3.22. The first-order chi connectivity index (χ1) is 15.0. The van der Waals surface area contributed by atoms with Gasteiger partial charge in [0.2, 0.25) is 0 Å². The van der Waals surface area contributed by atoms with Crippen LogP contribution in [0.25, 0.3) is 16.7 Å². The summed E-state index contributed by atoms with van der Waals surface area (Å²) in [5, 5.41) is 17.3. The number of ether oxygens (including phenoxy) is 1. The molecule has 2 aliphatic rings. The van der Waals surface area contributed by atoms with E-state index in [-0.39, 0.29) is 17.8 Å². The lowest BCUT2D eigenvalue weighted by Crippen LogP contribution is -2.15. The molecule has 0 spiro atoms. The Morgan fingerprint density at radius 2 is 1.84 bits per heavy atom. The molecule has 2 aromatic carbocycles. The van der Waals surface area contributed by atoms with Crippen LogP contribution in [0.1, 0.15) is 68.9 Å². The number of carboxylic acid groups (broad SMARTS) is 1. The van der Waals surface area contributed by atoms with E-state index in [2.05, 4.69) is 0 Å². The third-order valence-corrected chi connectivity index (χ3v) is 6.51. The highest BCUT2D eigenvalue weighted by molar-refractivity contribution is 6.52. The maximum atomic E-state index is 14.9. The molecule has 2 aromatic rings. The summed E-state index contributed by atoms with van der Waals surface area (Å²) in [6.45, 7) is 1.72. The fourth-order valence-electron chi connectivity index (χ4n) is 4.65. The molecule has 0 saturated heterocycles. The Labute approximate surface area is 182 Å². The summed E-state index contributed by atoms with van der Waals surface area (Å²) in [7, 11) is 0. The molecule has 0 heterocycles. The topological polar surface area (TPSA) is 70.4 Å². The van der Waals surface area contributed by atoms with Gasteiger partial charge in [-0.15, -0.1) is 0 Å². The Morgan fingerprint density at radius 1 is 1.10 bits per heavy atom. The van der Waals surface area contributed by atoms with Crippen molar-refractivity contribution in [3.8, 4) is 16.9 Å². The minimum absolute atomic E-state index is 0.142. The van der Waals surface area contributed by atoms with Crippen LogP contribution in [0.15, 0.2) is 42.5 Å². The van der Waals surface area contributed by atoms with Gasteiger partial charge in [0.05, 0.1) is 6.10 Å². The maximum Gasteiger partial charge on any atom is 0.354 e. The molecule has 4 nitrogen and oxygen atoms in total. The van der Waals surface area contributed by atoms with Crippen molar-refractivity contribution in [3.05, 3.63) is 59.4 Å². The number of halogens is 1. The van der Waals surface area contributed by atoms with Crippen LogP contribution in [-0.4, -0.2) is 22.9 Å². The largest absolute Gasteiger partial charge is 0.490 e. The molecule has 0 unspecified atom stereocenters. The number of hydrogen-bond donors (Lipinski definition) is 2. The first-order valence-corrected chi connectivity index (χ1v) is 11.1. The first-order valence-electron chi connectivity index (χ1n) is 11.1. The van der Waals surface area contributed by atoms with Crippen LogP contribution in [-0.2, 0) is 4.79 Å². The molecule has 0 aromatic heterocycles. The zero-order valence-corrected chi connectivity index (χ0v) is 17.8. The molecule has 4 rings (SSSR count). The van der Waals surface area contributed by atoms with Crippen LogP contribution in [0, 0.1) is 11.2 Å². The van der Waals surface area contributed by atoms with E-state index in [1.54, 1.807) is 25.1 Å². The molecule has 0 aliphatic heterocycles. The fourth-order valence-corrected chi connectivity index (χ4v) is 4.65. The minimum atomic E-state index is -1.28. The van der Waals surface area contributed by atoms with Crippen molar-refractivity contribution in [3.63, 3.8) is 0 Å². The van der Waals surface area contributed by atoms with E-state index in [1.165, 1.54) is 6.07 Å². The van der Waals surface area contributed by atoms with Gasteiger partial charge in [-0.05, 0) is 86.3 Å². The third kappa shape index (κ3) is 4.27. The summed E-state index contributed by atoms with van der Waals surface area (Å²) in [4.78, 5) is 11.4. The molecule has 0 radical (unpaired) electrons. The van der Waals surface area contributed by atoms with Crippen LogP contribution in [0.3, 0.4) is 0 Å². The molecule has 0 bridgehead atoms. The molecule has 5 heteroatoms. The van der Waals surface area contributed by atoms with Gasteiger partial charge in [-0.1, -0.05) is 30.7 Å². The van der Waals surface area contributed by atoms with Gasteiger partial charge in [0.15, 0.2) is 0 Å². The van der Waals surface area contributed by atoms with E-state index in [0.717, 1.165) is 61.6 Å². The zero-order valence-electron chi connectivity index (χ0n) is 17.8. The van der Waals surface area contributed by atoms with Crippen LogP contribution >= 0.6 is 0 Å². The standard InChI is InChI=1S/C26H28FNO3/c1-2-19(25(28)26(29)30)17-13-14-23(31-18-9-3-4-10-18)21(15-17)20-11-6-12-22(27)24(20)16-7-5-8-16/h2,6,11-16,18,28H,3-5,7-10H2,1H3,(H,29,30)/b19-2-,28-25?. The lowest BCUT2D eigenvalue weighted by atomic mass is 9.76. The van der Waals surface area contributed by atoms with Crippen molar-refractivity contribution in [1.82, 2.24) is 0 Å².